The Labute approximate surface area is 190 Å². The van der Waals surface area contributed by atoms with E-state index in [0.29, 0.717) is 41.0 Å². The third-order valence-electron chi connectivity index (χ3n) is 5.61. The minimum Gasteiger partial charge on any atom is -0.477 e. The molecule has 1 aliphatic rings. The fraction of sp³-hybridized carbons (Fsp3) is 0.286. The van der Waals surface area contributed by atoms with Crippen LogP contribution in [0.5, 0.6) is 0 Å². The highest BCUT2D eigenvalue weighted by atomic mass is 32.1. The van der Waals surface area contributed by atoms with Crippen molar-refractivity contribution in [3.63, 3.8) is 0 Å². The second kappa shape index (κ2) is 7.89. The fourth-order valence-electron chi connectivity index (χ4n) is 3.90. The number of carboxylic acid groups (broad SMARTS) is 1. The van der Waals surface area contributed by atoms with Gasteiger partial charge < -0.3 is 14.5 Å². The van der Waals surface area contributed by atoms with Gasteiger partial charge in [0.05, 0.1) is 23.4 Å². The van der Waals surface area contributed by atoms with E-state index in [4.69, 9.17) is 4.52 Å². The molecular weight excluding hydrogens is 448 g/mol. The number of aromatic carboxylic acids is 1. The first-order valence-corrected chi connectivity index (χ1v) is 10.9. The number of carbonyl (C=O) groups is 2. The number of aryl methyl sites for hydroxylation is 2. The molecule has 1 fully saturated rings. The summed E-state index contributed by atoms with van der Waals surface area (Å²) in [6, 6.07) is 3.49. The Bertz CT molecular complexity index is 1450. The van der Waals surface area contributed by atoms with Gasteiger partial charge in [0.15, 0.2) is 5.65 Å². The summed E-state index contributed by atoms with van der Waals surface area (Å²) in [7, 11) is 0. The summed E-state index contributed by atoms with van der Waals surface area (Å²) >= 11 is 1.06. The topological polar surface area (TPSA) is 144 Å². The van der Waals surface area contributed by atoms with Gasteiger partial charge in [-0.1, -0.05) is 5.16 Å². The molecule has 5 rings (SSSR count). The van der Waals surface area contributed by atoms with E-state index < -0.39 is 11.4 Å². The number of aromatic nitrogens is 5. The first-order valence-electron chi connectivity index (χ1n) is 10.1. The molecule has 4 aromatic rings. The molecule has 1 aliphatic heterocycles. The lowest BCUT2D eigenvalue weighted by Gasteiger charge is -2.39. The molecule has 0 spiro atoms. The number of carbonyl (C=O) groups excluding carboxylic acids is 1. The molecule has 0 bridgehead atoms. The highest BCUT2D eigenvalue weighted by Gasteiger charge is 2.34. The number of ketones is 1. The largest absolute Gasteiger partial charge is 0.477 e. The number of hydrogen-bond donors (Lipinski definition) is 1. The van der Waals surface area contributed by atoms with Crippen LogP contribution < -0.4 is 10.3 Å². The molecule has 11 nitrogen and oxygen atoms in total. The minimum absolute atomic E-state index is 0.0665. The predicted molar refractivity (Wildman–Crippen MR) is 118 cm³/mol. The van der Waals surface area contributed by atoms with Crippen molar-refractivity contribution in [2.24, 2.45) is 5.92 Å². The Balaban J connectivity index is 1.48. The normalized spacial score (nSPS) is 13.9. The zero-order valence-corrected chi connectivity index (χ0v) is 18.5. The zero-order chi connectivity index (χ0) is 23.3. The SMILES string of the molecule is Cc1cc(CC(=O)C2CN(c3cc(C)c4c(=O)c(C(=O)O)cn(-c5ncns5)c4n3)C2)on1. The summed E-state index contributed by atoms with van der Waals surface area (Å²) < 4.78 is 10.6. The number of fused-ring (bicyclic) bond motifs is 1. The van der Waals surface area contributed by atoms with E-state index in [1.54, 1.807) is 26.0 Å². The summed E-state index contributed by atoms with van der Waals surface area (Å²) in [5.74, 6) is -0.273. The molecular formula is C21H18N6O5S. The number of pyridine rings is 2. The number of carboxylic acids is 1. The lowest BCUT2D eigenvalue weighted by Crippen LogP contribution is -2.51. The van der Waals surface area contributed by atoms with E-state index in [1.807, 2.05) is 4.90 Å². The van der Waals surface area contributed by atoms with Crippen LogP contribution >= 0.6 is 11.5 Å². The summed E-state index contributed by atoms with van der Waals surface area (Å²) in [4.78, 5) is 47.8. The van der Waals surface area contributed by atoms with Gasteiger partial charge in [-0.15, -0.1) is 0 Å². The molecule has 0 aliphatic carbocycles. The smallest absolute Gasteiger partial charge is 0.341 e. The van der Waals surface area contributed by atoms with Crippen molar-refractivity contribution >= 4 is 40.1 Å². The lowest BCUT2D eigenvalue weighted by atomic mass is 9.92. The second-order valence-corrected chi connectivity index (χ2v) is 8.70. The van der Waals surface area contributed by atoms with E-state index in [0.717, 1.165) is 17.2 Å². The van der Waals surface area contributed by atoms with Crippen molar-refractivity contribution in [3.05, 3.63) is 57.5 Å². The van der Waals surface area contributed by atoms with Crippen LogP contribution in [0, 0.1) is 19.8 Å². The Morgan fingerprint density at radius 3 is 2.70 bits per heavy atom. The zero-order valence-electron chi connectivity index (χ0n) is 17.7. The van der Waals surface area contributed by atoms with Crippen LogP contribution in [0.25, 0.3) is 16.2 Å². The number of Topliss-reactive ketones (excluding diaryl/α,β-unsaturated/α-hetero) is 1. The molecule has 4 aromatic heterocycles. The average molecular weight is 466 g/mol. The predicted octanol–water partition coefficient (Wildman–Crippen LogP) is 1.79. The van der Waals surface area contributed by atoms with Gasteiger partial charge in [0.2, 0.25) is 10.6 Å². The maximum atomic E-state index is 12.9. The number of anilines is 1. The van der Waals surface area contributed by atoms with Crippen molar-refractivity contribution in [2.75, 3.05) is 18.0 Å². The quantitative estimate of drug-likeness (QED) is 0.446. The highest BCUT2D eigenvalue weighted by Crippen LogP contribution is 2.29. The molecule has 1 N–H and O–H groups in total. The monoisotopic (exact) mass is 466 g/mol. The first kappa shape index (κ1) is 20.9. The van der Waals surface area contributed by atoms with Gasteiger partial charge in [-0.2, -0.15) is 4.37 Å². The van der Waals surface area contributed by atoms with E-state index in [1.165, 1.54) is 17.1 Å². The minimum atomic E-state index is -1.32. The summed E-state index contributed by atoms with van der Waals surface area (Å²) in [5, 5.41) is 13.9. The van der Waals surface area contributed by atoms with Gasteiger partial charge >= 0.3 is 5.97 Å². The van der Waals surface area contributed by atoms with Crippen LogP contribution in [-0.4, -0.2) is 54.0 Å². The van der Waals surface area contributed by atoms with Gasteiger partial charge in [-0.3, -0.25) is 14.2 Å². The molecule has 5 heterocycles. The second-order valence-electron chi connectivity index (χ2n) is 7.95. The highest BCUT2D eigenvalue weighted by molar-refractivity contribution is 7.08. The Hall–Kier alpha value is -3.93. The molecule has 0 saturated carbocycles. The van der Waals surface area contributed by atoms with Crippen LogP contribution in [-0.2, 0) is 11.2 Å². The molecule has 0 unspecified atom stereocenters. The number of nitrogens with zero attached hydrogens (tertiary/aromatic N) is 6. The van der Waals surface area contributed by atoms with Gasteiger partial charge in [0.1, 0.15) is 29.3 Å². The third-order valence-corrected chi connectivity index (χ3v) is 6.28. The standard InChI is InChI=1S/C21H18N6O5S/c1-10-3-16(26-6-12(7-26)15(28)5-13-4-11(2)25-32-13)24-19-17(10)18(29)14(20(30)31)8-27(19)21-22-9-23-33-21/h3-4,8-9,12H,5-7H2,1-2H3,(H,30,31). The van der Waals surface area contributed by atoms with Crippen LogP contribution in [0.2, 0.25) is 0 Å². The molecule has 1 saturated heterocycles. The Morgan fingerprint density at radius 2 is 2.06 bits per heavy atom. The molecule has 0 aromatic carbocycles. The lowest BCUT2D eigenvalue weighted by molar-refractivity contribution is -0.123. The van der Waals surface area contributed by atoms with Crippen molar-refractivity contribution in [1.82, 2.24) is 24.1 Å². The molecule has 0 amide bonds. The average Bonchev–Trinajstić information content (AvgIpc) is 3.38. The Morgan fingerprint density at radius 1 is 1.27 bits per heavy atom. The third kappa shape index (κ3) is 3.67. The summed E-state index contributed by atoms with van der Waals surface area (Å²) in [6.07, 6.45) is 2.77. The first-order chi connectivity index (χ1) is 15.8. The molecule has 168 valence electrons. The van der Waals surface area contributed by atoms with Gasteiger partial charge in [-0.05, 0) is 25.5 Å². The van der Waals surface area contributed by atoms with Crippen molar-refractivity contribution < 1.29 is 19.2 Å². The maximum Gasteiger partial charge on any atom is 0.341 e. The summed E-state index contributed by atoms with van der Waals surface area (Å²) in [6.45, 7) is 4.51. The molecule has 12 heteroatoms. The van der Waals surface area contributed by atoms with E-state index in [-0.39, 0.29) is 29.1 Å². The summed E-state index contributed by atoms with van der Waals surface area (Å²) in [5.41, 5.74) is 0.648. The van der Waals surface area contributed by atoms with E-state index >= 15 is 0 Å². The van der Waals surface area contributed by atoms with Gasteiger partial charge in [0.25, 0.3) is 0 Å². The van der Waals surface area contributed by atoms with Crippen molar-refractivity contribution in [3.8, 4) is 5.13 Å². The molecule has 0 radical (unpaired) electrons. The van der Waals surface area contributed by atoms with Gasteiger partial charge in [0, 0.05) is 36.9 Å². The molecule has 33 heavy (non-hydrogen) atoms. The number of hydrogen-bond acceptors (Lipinski definition) is 10. The van der Waals surface area contributed by atoms with E-state index in [9.17, 15) is 19.5 Å². The van der Waals surface area contributed by atoms with Crippen LogP contribution in [0.15, 0.2) is 34.0 Å². The van der Waals surface area contributed by atoms with Crippen molar-refractivity contribution in [1.29, 1.82) is 0 Å². The van der Waals surface area contributed by atoms with Crippen LogP contribution in [0.3, 0.4) is 0 Å². The maximum absolute atomic E-state index is 12.9. The molecule has 0 atom stereocenters. The van der Waals surface area contributed by atoms with E-state index in [2.05, 4.69) is 19.5 Å². The number of rotatable bonds is 6. The fourth-order valence-corrected chi connectivity index (χ4v) is 4.41. The van der Waals surface area contributed by atoms with Crippen LogP contribution in [0.1, 0.15) is 27.4 Å². The van der Waals surface area contributed by atoms with Crippen LogP contribution in [0.4, 0.5) is 5.82 Å². The van der Waals surface area contributed by atoms with Gasteiger partial charge in [-0.25, -0.2) is 14.8 Å². The Kier molecular flexibility index (Phi) is 5.01. The van der Waals surface area contributed by atoms with Crippen molar-refractivity contribution in [2.45, 2.75) is 20.3 Å².